The Bertz CT molecular complexity index is 130. The molecule has 0 radical (unpaired) electrons. The predicted octanol–water partition coefficient (Wildman–Crippen LogP) is 1.21. The van der Waals surface area contributed by atoms with E-state index in [2.05, 4.69) is 15.9 Å². The second kappa shape index (κ2) is 2.31. The van der Waals surface area contributed by atoms with Crippen LogP contribution in [0, 0.1) is 0 Å². The van der Waals surface area contributed by atoms with Crippen molar-refractivity contribution in [3.05, 3.63) is 12.3 Å². The van der Waals surface area contributed by atoms with Gasteiger partial charge in [0.1, 0.15) is 0 Å². The molecule has 0 aromatic carbocycles. The number of alkyl halides is 1. The van der Waals surface area contributed by atoms with E-state index in [0.29, 0.717) is 6.42 Å². The third-order valence-electron chi connectivity index (χ3n) is 0.842. The molecule has 1 rings (SSSR count). The molecule has 1 aliphatic rings. The van der Waals surface area contributed by atoms with Crippen LogP contribution in [0.15, 0.2) is 12.3 Å². The summed E-state index contributed by atoms with van der Waals surface area (Å²) in [6.45, 7) is 0. The lowest BCUT2D eigenvalue weighted by Crippen LogP contribution is -2.11. The highest BCUT2D eigenvalue weighted by Gasteiger charge is 2.11. The average molecular weight is 177 g/mol. The van der Waals surface area contributed by atoms with Gasteiger partial charge >= 0.3 is 0 Å². The molecule has 0 aromatic rings. The topological polar surface area (TPSA) is 26.3 Å². The maximum Gasteiger partial charge on any atom is 0.163 e. The lowest BCUT2D eigenvalue weighted by Gasteiger charge is -2.10. The highest BCUT2D eigenvalue weighted by molar-refractivity contribution is 9.09. The Balaban J connectivity index is 2.54. The van der Waals surface area contributed by atoms with Gasteiger partial charge in [-0.2, -0.15) is 0 Å². The lowest BCUT2D eigenvalue weighted by molar-refractivity contribution is -0.116. The van der Waals surface area contributed by atoms with Crippen LogP contribution in [-0.2, 0) is 9.53 Å². The Labute approximate surface area is 55.6 Å². The van der Waals surface area contributed by atoms with Crippen LogP contribution < -0.4 is 0 Å². The molecule has 2 nitrogen and oxygen atoms in total. The Kier molecular flexibility index (Phi) is 1.68. The predicted molar refractivity (Wildman–Crippen MR) is 32.6 cm³/mol. The summed E-state index contributed by atoms with van der Waals surface area (Å²) in [6, 6.07) is 0. The number of ketones is 1. The van der Waals surface area contributed by atoms with Crippen molar-refractivity contribution in [2.24, 2.45) is 0 Å². The normalized spacial score (nSPS) is 27.6. The van der Waals surface area contributed by atoms with Crippen LogP contribution in [0.3, 0.4) is 0 Å². The summed E-state index contributed by atoms with van der Waals surface area (Å²) >= 11 is 3.13. The molecule has 0 aromatic heterocycles. The Hall–Kier alpha value is -0.310. The van der Waals surface area contributed by atoms with Gasteiger partial charge in [-0.3, -0.25) is 4.79 Å². The first kappa shape index (κ1) is 5.82. The summed E-state index contributed by atoms with van der Waals surface area (Å²) in [5.74, 6) is 0.109. The summed E-state index contributed by atoms with van der Waals surface area (Å²) in [6.07, 6.45) is 3.28. The number of allylic oxidation sites excluding steroid dienone is 1. The first-order chi connectivity index (χ1) is 3.79. The fraction of sp³-hybridized carbons (Fsp3) is 0.400. The van der Waals surface area contributed by atoms with Crippen LogP contribution in [-0.4, -0.2) is 10.8 Å². The van der Waals surface area contributed by atoms with E-state index in [1.165, 1.54) is 12.3 Å². The SMILES string of the molecule is O=C1C=COC(Br)C1. The van der Waals surface area contributed by atoms with Crippen molar-refractivity contribution in [1.29, 1.82) is 0 Å². The molecule has 0 bridgehead atoms. The van der Waals surface area contributed by atoms with Gasteiger partial charge in [0.2, 0.25) is 0 Å². The molecule has 8 heavy (non-hydrogen) atoms. The van der Waals surface area contributed by atoms with Gasteiger partial charge in [-0.1, -0.05) is 0 Å². The first-order valence-corrected chi connectivity index (χ1v) is 3.19. The quantitative estimate of drug-likeness (QED) is 0.519. The molecule has 0 aliphatic carbocycles. The summed E-state index contributed by atoms with van der Waals surface area (Å²) in [7, 11) is 0. The van der Waals surface area contributed by atoms with Crippen LogP contribution in [0.4, 0.5) is 0 Å². The maximum atomic E-state index is 10.5. The van der Waals surface area contributed by atoms with Gasteiger partial charge in [-0.25, -0.2) is 0 Å². The van der Waals surface area contributed by atoms with Crippen molar-refractivity contribution < 1.29 is 9.53 Å². The maximum absolute atomic E-state index is 10.5. The zero-order valence-electron chi connectivity index (χ0n) is 4.13. The van der Waals surface area contributed by atoms with E-state index in [0.717, 1.165) is 0 Å². The van der Waals surface area contributed by atoms with Crippen molar-refractivity contribution in [2.45, 2.75) is 11.4 Å². The molecular formula is C5H5BrO2. The summed E-state index contributed by atoms with van der Waals surface area (Å²) in [5, 5.41) is -0.111. The van der Waals surface area contributed by atoms with Crippen molar-refractivity contribution in [1.82, 2.24) is 0 Å². The Morgan fingerprint density at radius 3 is 3.00 bits per heavy atom. The molecule has 44 valence electrons. The number of halogens is 1. The van der Waals surface area contributed by atoms with Crippen LogP contribution in [0.25, 0.3) is 0 Å². The van der Waals surface area contributed by atoms with E-state index in [-0.39, 0.29) is 10.8 Å². The zero-order chi connectivity index (χ0) is 5.98. The van der Waals surface area contributed by atoms with Gasteiger partial charge in [0.25, 0.3) is 0 Å². The van der Waals surface area contributed by atoms with Gasteiger partial charge in [0.05, 0.1) is 12.7 Å². The molecule has 3 heteroatoms. The van der Waals surface area contributed by atoms with Gasteiger partial charge < -0.3 is 4.74 Å². The smallest absolute Gasteiger partial charge is 0.163 e. The number of rotatable bonds is 0. The number of hydrogen-bond acceptors (Lipinski definition) is 2. The standard InChI is InChI=1S/C5H5BrO2/c6-5-3-4(7)1-2-8-5/h1-2,5H,3H2. The molecule has 0 fully saturated rings. The minimum atomic E-state index is -0.111. The molecule has 1 atom stereocenters. The van der Waals surface area contributed by atoms with Crippen LogP contribution in [0.2, 0.25) is 0 Å². The molecule has 0 N–H and O–H groups in total. The van der Waals surface area contributed by atoms with E-state index in [1.807, 2.05) is 0 Å². The lowest BCUT2D eigenvalue weighted by atomic mass is 10.3. The summed E-state index contributed by atoms with van der Waals surface area (Å²) in [5.41, 5.74) is 0. The van der Waals surface area contributed by atoms with E-state index in [1.54, 1.807) is 0 Å². The number of carbonyl (C=O) groups is 1. The minimum absolute atomic E-state index is 0.109. The molecule has 0 spiro atoms. The average Bonchev–Trinajstić information content (AvgIpc) is 1.64. The van der Waals surface area contributed by atoms with Gasteiger partial charge in [0.15, 0.2) is 10.8 Å². The highest BCUT2D eigenvalue weighted by atomic mass is 79.9. The summed E-state index contributed by atoms with van der Waals surface area (Å²) in [4.78, 5) is 10.5. The number of ether oxygens (including phenoxy) is 1. The molecule has 0 saturated heterocycles. The van der Waals surface area contributed by atoms with Gasteiger partial charge in [0, 0.05) is 6.08 Å². The molecule has 0 saturated carbocycles. The molecular weight excluding hydrogens is 172 g/mol. The van der Waals surface area contributed by atoms with Gasteiger partial charge in [-0.15, -0.1) is 0 Å². The van der Waals surface area contributed by atoms with Crippen molar-refractivity contribution in [2.75, 3.05) is 0 Å². The molecule has 1 aliphatic heterocycles. The second-order valence-electron chi connectivity index (χ2n) is 1.52. The zero-order valence-corrected chi connectivity index (χ0v) is 5.72. The third-order valence-corrected chi connectivity index (χ3v) is 1.38. The fourth-order valence-corrected chi connectivity index (χ4v) is 0.918. The summed E-state index contributed by atoms with van der Waals surface area (Å²) < 4.78 is 4.86. The molecule has 0 amide bonds. The highest BCUT2D eigenvalue weighted by Crippen LogP contribution is 2.12. The number of carbonyl (C=O) groups excluding carboxylic acids is 1. The largest absolute Gasteiger partial charge is 0.486 e. The van der Waals surface area contributed by atoms with Crippen molar-refractivity contribution in [3.8, 4) is 0 Å². The Morgan fingerprint density at radius 2 is 2.62 bits per heavy atom. The second-order valence-corrected chi connectivity index (χ2v) is 2.54. The monoisotopic (exact) mass is 176 g/mol. The van der Waals surface area contributed by atoms with E-state index >= 15 is 0 Å². The molecule has 1 unspecified atom stereocenters. The van der Waals surface area contributed by atoms with E-state index in [9.17, 15) is 4.79 Å². The van der Waals surface area contributed by atoms with E-state index < -0.39 is 0 Å². The first-order valence-electron chi connectivity index (χ1n) is 2.28. The van der Waals surface area contributed by atoms with Crippen molar-refractivity contribution in [3.63, 3.8) is 0 Å². The van der Waals surface area contributed by atoms with Gasteiger partial charge in [-0.05, 0) is 15.9 Å². The van der Waals surface area contributed by atoms with E-state index in [4.69, 9.17) is 4.74 Å². The molecule has 1 heterocycles. The van der Waals surface area contributed by atoms with Crippen molar-refractivity contribution >= 4 is 21.7 Å². The minimum Gasteiger partial charge on any atom is -0.486 e. The van der Waals surface area contributed by atoms with Crippen LogP contribution in [0.5, 0.6) is 0 Å². The third kappa shape index (κ3) is 1.33. The van der Waals surface area contributed by atoms with Crippen LogP contribution in [0.1, 0.15) is 6.42 Å². The van der Waals surface area contributed by atoms with Crippen LogP contribution >= 0.6 is 15.9 Å². The Morgan fingerprint density at radius 1 is 1.88 bits per heavy atom. The number of hydrogen-bond donors (Lipinski definition) is 0. The fourth-order valence-electron chi connectivity index (χ4n) is 0.475.